The SMILES string of the molecule is CC(C)N1CCN(C(=O)c2ccc(Nc3ccc(-c4ccc5c(O)[nH]cc5c4)n4ccnc34)cc2)CC1. The summed E-state index contributed by atoms with van der Waals surface area (Å²) in [5.41, 5.74) is 5.30. The maximum atomic E-state index is 13.0. The molecule has 37 heavy (non-hydrogen) atoms. The van der Waals surface area contributed by atoms with Crippen molar-refractivity contribution in [2.24, 2.45) is 0 Å². The Hall–Kier alpha value is -4.30. The molecule has 0 atom stereocenters. The molecule has 0 spiro atoms. The smallest absolute Gasteiger partial charge is 0.253 e. The predicted molar refractivity (Wildman–Crippen MR) is 146 cm³/mol. The molecule has 4 heterocycles. The van der Waals surface area contributed by atoms with Gasteiger partial charge >= 0.3 is 0 Å². The number of hydrogen-bond donors (Lipinski definition) is 3. The first kappa shape index (κ1) is 23.1. The van der Waals surface area contributed by atoms with Crippen LogP contribution in [0.4, 0.5) is 11.4 Å². The summed E-state index contributed by atoms with van der Waals surface area (Å²) >= 11 is 0. The van der Waals surface area contributed by atoms with Crippen molar-refractivity contribution in [1.82, 2.24) is 24.2 Å². The lowest BCUT2D eigenvalue weighted by atomic mass is 10.1. The predicted octanol–water partition coefficient (Wildman–Crippen LogP) is 5.10. The van der Waals surface area contributed by atoms with Gasteiger partial charge in [-0.3, -0.25) is 14.1 Å². The lowest BCUT2D eigenvalue weighted by Gasteiger charge is -2.37. The van der Waals surface area contributed by atoms with Crippen LogP contribution in [0.2, 0.25) is 0 Å². The Morgan fingerprint density at radius 3 is 2.57 bits per heavy atom. The summed E-state index contributed by atoms with van der Waals surface area (Å²) in [6.45, 7) is 7.76. The van der Waals surface area contributed by atoms with Crippen molar-refractivity contribution in [3.8, 4) is 17.1 Å². The van der Waals surface area contributed by atoms with Crippen LogP contribution in [0.3, 0.4) is 0 Å². The van der Waals surface area contributed by atoms with E-state index in [9.17, 15) is 9.90 Å². The number of imidazole rings is 1. The second-order valence-electron chi connectivity index (χ2n) is 9.82. The fourth-order valence-electron chi connectivity index (χ4n) is 5.10. The number of carbonyl (C=O) groups excluding carboxylic acids is 1. The average molecular weight is 495 g/mol. The van der Waals surface area contributed by atoms with Gasteiger partial charge in [0.25, 0.3) is 5.91 Å². The number of anilines is 2. The van der Waals surface area contributed by atoms with E-state index in [1.807, 2.05) is 64.0 Å². The molecule has 0 bridgehead atoms. The van der Waals surface area contributed by atoms with Crippen LogP contribution in [0.25, 0.3) is 27.7 Å². The molecule has 1 aliphatic rings. The van der Waals surface area contributed by atoms with Crippen LogP contribution < -0.4 is 5.32 Å². The van der Waals surface area contributed by atoms with Crippen molar-refractivity contribution in [2.45, 2.75) is 19.9 Å². The Bertz CT molecular complexity index is 1580. The Balaban J connectivity index is 1.20. The van der Waals surface area contributed by atoms with E-state index in [0.717, 1.165) is 65.2 Å². The molecule has 5 aromatic rings. The molecule has 1 aliphatic heterocycles. The van der Waals surface area contributed by atoms with Gasteiger partial charge in [-0.2, -0.15) is 0 Å². The third kappa shape index (κ3) is 4.29. The zero-order valence-electron chi connectivity index (χ0n) is 21.0. The van der Waals surface area contributed by atoms with Crippen molar-refractivity contribution >= 4 is 33.7 Å². The van der Waals surface area contributed by atoms with Crippen LogP contribution in [0, 0.1) is 0 Å². The molecule has 1 amide bonds. The van der Waals surface area contributed by atoms with Crippen LogP contribution in [-0.2, 0) is 0 Å². The van der Waals surface area contributed by atoms with Gasteiger partial charge in [0, 0.05) is 72.8 Å². The zero-order valence-corrected chi connectivity index (χ0v) is 21.0. The van der Waals surface area contributed by atoms with Crippen molar-refractivity contribution in [3.05, 3.63) is 78.8 Å². The van der Waals surface area contributed by atoms with Crippen molar-refractivity contribution < 1.29 is 9.90 Å². The number of benzene rings is 2. The highest BCUT2D eigenvalue weighted by atomic mass is 16.3. The zero-order chi connectivity index (χ0) is 25.5. The number of aromatic hydroxyl groups is 1. The first-order valence-electron chi connectivity index (χ1n) is 12.6. The normalized spacial score (nSPS) is 14.6. The maximum absolute atomic E-state index is 13.0. The number of H-pyrrole nitrogens is 1. The minimum absolute atomic E-state index is 0.0858. The lowest BCUT2D eigenvalue weighted by Crippen LogP contribution is -2.50. The summed E-state index contributed by atoms with van der Waals surface area (Å²) in [7, 11) is 0. The molecule has 8 nitrogen and oxygen atoms in total. The van der Waals surface area contributed by atoms with E-state index >= 15 is 0 Å². The van der Waals surface area contributed by atoms with Gasteiger partial charge in [0.1, 0.15) is 0 Å². The highest BCUT2D eigenvalue weighted by Crippen LogP contribution is 2.31. The van der Waals surface area contributed by atoms with E-state index < -0.39 is 0 Å². The number of carbonyl (C=O) groups is 1. The number of hydrogen-bond acceptors (Lipinski definition) is 5. The highest BCUT2D eigenvalue weighted by Gasteiger charge is 2.23. The molecule has 8 heteroatoms. The third-order valence-corrected chi connectivity index (χ3v) is 7.26. The molecule has 3 N–H and O–H groups in total. The van der Waals surface area contributed by atoms with Gasteiger partial charge in [-0.15, -0.1) is 0 Å². The topological polar surface area (TPSA) is 88.9 Å². The van der Waals surface area contributed by atoms with Gasteiger partial charge in [0.15, 0.2) is 11.5 Å². The monoisotopic (exact) mass is 494 g/mol. The van der Waals surface area contributed by atoms with Gasteiger partial charge in [0.05, 0.1) is 11.4 Å². The number of nitrogens with zero attached hydrogens (tertiary/aromatic N) is 4. The lowest BCUT2D eigenvalue weighted by molar-refractivity contribution is 0.0595. The highest BCUT2D eigenvalue weighted by molar-refractivity contribution is 5.95. The van der Waals surface area contributed by atoms with Crippen LogP contribution >= 0.6 is 0 Å². The van der Waals surface area contributed by atoms with Crippen molar-refractivity contribution in [1.29, 1.82) is 0 Å². The number of aromatic nitrogens is 3. The van der Waals surface area contributed by atoms with E-state index in [4.69, 9.17) is 0 Å². The Kier molecular flexibility index (Phi) is 5.81. The van der Waals surface area contributed by atoms with Crippen molar-refractivity contribution in [3.63, 3.8) is 0 Å². The molecule has 0 saturated carbocycles. The first-order valence-corrected chi connectivity index (χ1v) is 12.6. The summed E-state index contributed by atoms with van der Waals surface area (Å²) in [6.07, 6.45) is 5.52. The van der Waals surface area contributed by atoms with Gasteiger partial charge in [-0.1, -0.05) is 6.07 Å². The maximum Gasteiger partial charge on any atom is 0.253 e. The van der Waals surface area contributed by atoms with Crippen molar-refractivity contribution in [2.75, 3.05) is 31.5 Å². The van der Waals surface area contributed by atoms with E-state index in [1.54, 1.807) is 12.4 Å². The summed E-state index contributed by atoms with van der Waals surface area (Å²) < 4.78 is 2.05. The minimum atomic E-state index is 0.0858. The molecule has 0 radical (unpaired) electrons. The molecule has 0 aliphatic carbocycles. The third-order valence-electron chi connectivity index (χ3n) is 7.26. The van der Waals surface area contributed by atoms with Gasteiger partial charge in [-0.05, 0) is 67.9 Å². The number of fused-ring (bicyclic) bond motifs is 2. The average Bonchev–Trinajstić information content (AvgIpc) is 3.56. The molecular weight excluding hydrogens is 464 g/mol. The fraction of sp³-hybridized carbons (Fsp3) is 0.241. The van der Waals surface area contributed by atoms with Crippen LogP contribution in [0.15, 0.2) is 73.2 Å². The quantitative estimate of drug-likeness (QED) is 0.316. The Morgan fingerprint density at radius 2 is 1.81 bits per heavy atom. The first-order chi connectivity index (χ1) is 18.0. The van der Waals surface area contributed by atoms with Crippen LogP contribution in [0.5, 0.6) is 5.88 Å². The fourth-order valence-corrected chi connectivity index (χ4v) is 5.10. The summed E-state index contributed by atoms with van der Waals surface area (Å²) in [6, 6.07) is 18.2. The second-order valence-corrected chi connectivity index (χ2v) is 9.82. The minimum Gasteiger partial charge on any atom is -0.494 e. The van der Waals surface area contributed by atoms with Gasteiger partial charge in [0.2, 0.25) is 0 Å². The molecule has 3 aromatic heterocycles. The number of amides is 1. The Morgan fingerprint density at radius 1 is 1.03 bits per heavy atom. The summed E-state index contributed by atoms with van der Waals surface area (Å²) in [5, 5.41) is 15.1. The second kappa shape index (κ2) is 9.29. The van der Waals surface area contributed by atoms with E-state index in [2.05, 4.69) is 40.1 Å². The van der Waals surface area contributed by atoms with Crippen LogP contribution in [0.1, 0.15) is 24.2 Å². The van der Waals surface area contributed by atoms with Crippen LogP contribution in [-0.4, -0.2) is 67.4 Å². The standard InChI is InChI=1S/C29H30N6O2/c1-19(2)33-13-15-34(16-14-33)29(37)20-3-6-23(7-4-20)32-25-9-10-26(35-12-11-30-27(25)35)21-5-8-24-22(17-21)18-31-28(24)36/h3-12,17-19,31-32,36H,13-16H2,1-2H3. The molecular formula is C29H30N6O2. The number of nitrogens with one attached hydrogen (secondary N) is 2. The molecule has 6 rings (SSSR count). The number of rotatable bonds is 5. The summed E-state index contributed by atoms with van der Waals surface area (Å²) in [5.74, 6) is 0.262. The molecule has 0 unspecified atom stereocenters. The molecule has 1 fully saturated rings. The molecule has 2 aromatic carbocycles. The number of aromatic amines is 1. The molecule has 188 valence electrons. The largest absolute Gasteiger partial charge is 0.494 e. The van der Waals surface area contributed by atoms with E-state index in [0.29, 0.717) is 11.6 Å². The summed E-state index contributed by atoms with van der Waals surface area (Å²) in [4.78, 5) is 24.8. The Labute approximate surface area is 215 Å². The van der Waals surface area contributed by atoms with Gasteiger partial charge < -0.3 is 20.3 Å². The van der Waals surface area contributed by atoms with Gasteiger partial charge in [-0.25, -0.2) is 4.98 Å². The van der Waals surface area contributed by atoms with E-state index in [-0.39, 0.29) is 11.8 Å². The van der Waals surface area contributed by atoms with E-state index in [1.165, 1.54) is 0 Å². The number of pyridine rings is 1. The number of piperazine rings is 1. The molecule has 1 saturated heterocycles.